The van der Waals surface area contributed by atoms with E-state index in [1.165, 1.54) is 12.4 Å². The average molecular weight is 587 g/mol. The van der Waals surface area contributed by atoms with Crippen LogP contribution in [0.15, 0.2) is 54.9 Å². The quantitative estimate of drug-likeness (QED) is 0.149. The molecule has 10 nitrogen and oxygen atoms in total. The van der Waals surface area contributed by atoms with Crippen molar-refractivity contribution < 1.29 is 13.9 Å². The van der Waals surface area contributed by atoms with E-state index < -0.39 is 0 Å². The molecule has 0 aliphatic heterocycles. The highest BCUT2D eigenvalue weighted by Gasteiger charge is 2.27. The van der Waals surface area contributed by atoms with Gasteiger partial charge in [-0.15, -0.1) is 0 Å². The molecular weight excluding hydrogens is 547 g/mol. The Hall–Kier alpha value is -3.90. The zero-order valence-electron chi connectivity index (χ0n) is 24.3. The third-order valence-corrected chi connectivity index (χ3v) is 8.16. The lowest BCUT2D eigenvalue weighted by Gasteiger charge is -2.29. The third kappa shape index (κ3) is 6.70. The number of aromatic nitrogens is 5. The summed E-state index contributed by atoms with van der Waals surface area (Å²) in [5.74, 6) is 0.220. The summed E-state index contributed by atoms with van der Waals surface area (Å²) < 4.78 is 27.3. The summed E-state index contributed by atoms with van der Waals surface area (Å²) in [6.07, 6.45) is 6.06. The first kappa shape index (κ1) is 29.2. The molecule has 0 atom stereocenters. The van der Waals surface area contributed by atoms with E-state index in [0.29, 0.717) is 56.8 Å². The van der Waals surface area contributed by atoms with Crippen LogP contribution in [0.2, 0.25) is 0 Å². The van der Waals surface area contributed by atoms with Crippen molar-refractivity contribution in [2.75, 3.05) is 45.3 Å². The van der Waals surface area contributed by atoms with E-state index in [0.717, 1.165) is 71.1 Å². The molecule has 226 valence electrons. The fraction of sp³-hybridized carbons (Fsp3) is 0.406. The van der Waals surface area contributed by atoms with Crippen molar-refractivity contribution in [3.05, 3.63) is 71.9 Å². The van der Waals surface area contributed by atoms with Crippen molar-refractivity contribution in [2.24, 2.45) is 5.73 Å². The second-order valence-corrected chi connectivity index (χ2v) is 11.1. The van der Waals surface area contributed by atoms with Crippen molar-refractivity contribution >= 4 is 27.8 Å². The highest BCUT2D eigenvalue weighted by Crippen LogP contribution is 2.37. The molecule has 5 aromatic rings. The Morgan fingerprint density at radius 2 is 1.79 bits per heavy atom. The molecule has 6 rings (SSSR count). The van der Waals surface area contributed by atoms with E-state index in [2.05, 4.69) is 32.4 Å². The van der Waals surface area contributed by atoms with Gasteiger partial charge in [-0.1, -0.05) is 24.3 Å². The van der Waals surface area contributed by atoms with Gasteiger partial charge in [-0.2, -0.15) is 5.10 Å². The molecule has 0 saturated heterocycles. The molecule has 0 radical (unpaired) electrons. The number of anilines is 1. The number of benzene rings is 2. The Labute approximate surface area is 250 Å². The van der Waals surface area contributed by atoms with E-state index in [1.54, 1.807) is 6.07 Å². The van der Waals surface area contributed by atoms with Crippen LogP contribution >= 0.6 is 0 Å². The number of halogens is 1. The molecule has 1 saturated carbocycles. The highest BCUT2D eigenvalue weighted by molar-refractivity contribution is 6.00. The lowest BCUT2D eigenvalue weighted by molar-refractivity contribution is 0.0507. The van der Waals surface area contributed by atoms with Crippen LogP contribution in [0, 0.1) is 5.82 Å². The van der Waals surface area contributed by atoms with Gasteiger partial charge in [-0.3, -0.25) is 0 Å². The number of rotatable bonds is 13. The van der Waals surface area contributed by atoms with Crippen LogP contribution in [-0.4, -0.2) is 70.3 Å². The second kappa shape index (κ2) is 13.6. The molecule has 0 spiro atoms. The number of aromatic amines is 1. The monoisotopic (exact) mass is 586 g/mol. The van der Waals surface area contributed by atoms with Crippen molar-refractivity contribution in [1.82, 2.24) is 30.0 Å². The molecule has 1 aliphatic carbocycles. The summed E-state index contributed by atoms with van der Waals surface area (Å²) in [4.78, 5) is 12.3. The molecule has 2 aromatic carbocycles. The standard InChI is InChI=1S/C32H39FN8O2/c33-27-4-2-1-3-21(27)18-25-19-23-17-22(5-10-28(23)39-25)30-29-31(35)37-20-38-32(29)41(40-30)26-8-6-24(7-9-26)36-12-14-43-16-15-42-13-11-34/h1-5,10,17,19-20,24,26,36,39H,6-9,11-16,18,34H2,(H2,35,37,38). The maximum Gasteiger partial charge on any atom is 0.164 e. The van der Waals surface area contributed by atoms with E-state index in [9.17, 15) is 4.39 Å². The number of fused-ring (bicyclic) bond motifs is 2. The Morgan fingerprint density at radius 3 is 2.60 bits per heavy atom. The minimum absolute atomic E-state index is 0.201. The van der Waals surface area contributed by atoms with Gasteiger partial charge in [0.15, 0.2) is 5.65 Å². The summed E-state index contributed by atoms with van der Waals surface area (Å²) in [7, 11) is 0. The molecule has 11 heteroatoms. The van der Waals surface area contributed by atoms with Gasteiger partial charge in [0.1, 0.15) is 23.7 Å². The molecular formula is C32H39FN8O2. The summed E-state index contributed by atoms with van der Waals surface area (Å²) in [6, 6.07) is 15.8. The summed E-state index contributed by atoms with van der Waals surface area (Å²) >= 11 is 0. The predicted molar refractivity (Wildman–Crippen MR) is 166 cm³/mol. The first-order chi connectivity index (χ1) is 21.1. The van der Waals surface area contributed by atoms with Gasteiger partial charge in [0.05, 0.1) is 37.9 Å². The number of hydrogen-bond donors (Lipinski definition) is 4. The lowest BCUT2D eigenvalue weighted by Crippen LogP contribution is -2.36. The van der Waals surface area contributed by atoms with Crippen LogP contribution in [0.1, 0.15) is 43.0 Å². The molecule has 3 aromatic heterocycles. The van der Waals surface area contributed by atoms with Gasteiger partial charge in [0.2, 0.25) is 0 Å². The minimum atomic E-state index is -0.201. The van der Waals surface area contributed by atoms with E-state index in [1.807, 2.05) is 28.9 Å². The Kier molecular flexibility index (Phi) is 9.23. The molecule has 0 unspecified atom stereocenters. The fourth-order valence-corrected chi connectivity index (χ4v) is 6.00. The Morgan fingerprint density at radius 1 is 0.977 bits per heavy atom. The molecule has 0 bridgehead atoms. The van der Waals surface area contributed by atoms with E-state index in [4.69, 9.17) is 26.0 Å². The zero-order valence-corrected chi connectivity index (χ0v) is 24.3. The number of nitrogens with zero attached hydrogens (tertiary/aromatic N) is 4. The van der Waals surface area contributed by atoms with Gasteiger partial charge in [-0.25, -0.2) is 19.0 Å². The number of nitrogen functional groups attached to an aromatic ring is 1. The first-order valence-electron chi connectivity index (χ1n) is 15.0. The number of ether oxygens (including phenoxy) is 2. The van der Waals surface area contributed by atoms with Gasteiger partial charge in [0.25, 0.3) is 0 Å². The lowest BCUT2D eigenvalue weighted by atomic mass is 9.91. The molecule has 3 heterocycles. The van der Waals surface area contributed by atoms with Gasteiger partial charge in [0, 0.05) is 47.7 Å². The van der Waals surface area contributed by atoms with Crippen molar-refractivity contribution in [1.29, 1.82) is 0 Å². The number of hydrogen-bond acceptors (Lipinski definition) is 8. The van der Waals surface area contributed by atoms with Crippen LogP contribution < -0.4 is 16.8 Å². The van der Waals surface area contributed by atoms with Crippen LogP contribution in [0.3, 0.4) is 0 Å². The Balaban J connectivity index is 1.14. The topological polar surface area (TPSA) is 142 Å². The highest BCUT2D eigenvalue weighted by atomic mass is 19.1. The normalized spacial score (nSPS) is 17.3. The maximum absolute atomic E-state index is 14.2. The van der Waals surface area contributed by atoms with Gasteiger partial charge in [-0.05, 0) is 55.5 Å². The van der Waals surface area contributed by atoms with Crippen molar-refractivity contribution in [3.63, 3.8) is 0 Å². The summed E-state index contributed by atoms with van der Waals surface area (Å²) in [5.41, 5.74) is 16.9. The SMILES string of the molecule is NCCOCCOCCNC1CCC(n2nc(-c3ccc4[nH]c(Cc5ccccc5F)cc4c3)c3c(N)ncnc32)CC1. The van der Waals surface area contributed by atoms with Crippen LogP contribution in [-0.2, 0) is 15.9 Å². The number of nitrogens with two attached hydrogens (primary N) is 2. The molecule has 1 aliphatic rings. The molecule has 6 N–H and O–H groups in total. The third-order valence-electron chi connectivity index (χ3n) is 8.16. The predicted octanol–water partition coefficient (Wildman–Crippen LogP) is 4.35. The number of nitrogens with one attached hydrogen (secondary N) is 2. The molecule has 1 fully saturated rings. The van der Waals surface area contributed by atoms with E-state index >= 15 is 0 Å². The largest absolute Gasteiger partial charge is 0.383 e. The minimum Gasteiger partial charge on any atom is -0.383 e. The van der Waals surface area contributed by atoms with Crippen LogP contribution in [0.4, 0.5) is 10.2 Å². The van der Waals surface area contributed by atoms with E-state index in [-0.39, 0.29) is 11.9 Å². The van der Waals surface area contributed by atoms with Crippen LogP contribution in [0.25, 0.3) is 33.2 Å². The fourth-order valence-electron chi connectivity index (χ4n) is 6.00. The van der Waals surface area contributed by atoms with Crippen LogP contribution in [0.5, 0.6) is 0 Å². The zero-order chi connectivity index (χ0) is 29.6. The molecule has 0 amide bonds. The second-order valence-electron chi connectivity index (χ2n) is 11.1. The number of H-pyrrole nitrogens is 1. The average Bonchev–Trinajstić information content (AvgIpc) is 3.61. The van der Waals surface area contributed by atoms with Gasteiger partial charge >= 0.3 is 0 Å². The van der Waals surface area contributed by atoms with Crippen molar-refractivity contribution in [3.8, 4) is 11.3 Å². The summed E-state index contributed by atoms with van der Waals surface area (Å²) in [6.45, 7) is 3.73. The van der Waals surface area contributed by atoms with Gasteiger partial charge < -0.3 is 31.2 Å². The van der Waals surface area contributed by atoms with Crippen molar-refractivity contribution in [2.45, 2.75) is 44.2 Å². The molecule has 43 heavy (non-hydrogen) atoms. The smallest absolute Gasteiger partial charge is 0.164 e. The first-order valence-corrected chi connectivity index (χ1v) is 15.0. The maximum atomic E-state index is 14.2. The Bertz CT molecular complexity index is 1660. The summed E-state index contributed by atoms with van der Waals surface area (Å²) in [5, 5.41) is 10.5.